The molecule has 2 saturated heterocycles. The van der Waals surface area contributed by atoms with Crippen LogP contribution in [0.1, 0.15) is 33.6 Å². The monoisotopic (exact) mass is 375 g/mol. The summed E-state index contributed by atoms with van der Waals surface area (Å²) in [5, 5.41) is 41.0. The number of ether oxygens (including phenoxy) is 4. The second kappa shape index (κ2) is 8.05. The Hall–Kier alpha value is -0.810. The van der Waals surface area contributed by atoms with Crippen LogP contribution in [0.4, 0.5) is 0 Å². The Kier molecular flexibility index (Phi) is 6.18. The summed E-state index contributed by atoms with van der Waals surface area (Å²) in [6.45, 7) is 4.96. The van der Waals surface area contributed by atoms with E-state index in [1.54, 1.807) is 13.8 Å². The predicted molar refractivity (Wildman–Crippen MR) is 89.4 cm³/mol. The van der Waals surface area contributed by atoms with E-state index in [2.05, 4.69) is 4.99 Å². The van der Waals surface area contributed by atoms with Crippen LogP contribution in [0, 0.1) is 5.92 Å². The van der Waals surface area contributed by atoms with E-state index in [0.717, 1.165) is 6.42 Å². The minimum atomic E-state index is -1.09. The number of aliphatic imine (C=N–C) groups is 1. The normalized spacial score (nSPS) is 48.7. The Bertz CT molecular complexity index is 517. The lowest BCUT2D eigenvalue weighted by Crippen LogP contribution is -2.62. The lowest BCUT2D eigenvalue weighted by atomic mass is 9.88. The van der Waals surface area contributed by atoms with E-state index in [1.807, 2.05) is 6.92 Å². The number of hydrogen-bond acceptors (Lipinski definition) is 9. The molecule has 9 heteroatoms. The van der Waals surface area contributed by atoms with Gasteiger partial charge in [-0.15, -0.1) is 0 Å². The third-order valence-electron chi connectivity index (χ3n) is 5.35. The lowest BCUT2D eigenvalue weighted by Gasteiger charge is -2.45. The first-order chi connectivity index (χ1) is 12.4. The Morgan fingerprint density at radius 1 is 1.08 bits per heavy atom. The largest absolute Gasteiger partial charge is 0.450 e. The molecule has 4 N–H and O–H groups in total. The van der Waals surface area contributed by atoms with Crippen molar-refractivity contribution in [3.05, 3.63) is 0 Å². The van der Waals surface area contributed by atoms with Crippen molar-refractivity contribution in [2.24, 2.45) is 10.9 Å². The van der Waals surface area contributed by atoms with Crippen LogP contribution in [0.3, 0.4) is 0 Å². The van der Waals surface area contributed by atoms with Crippen LogP contribution in [0.5, 0.6) is 0 Å². The average Bonchev–Trinajstić information content (AvgIpc) is 2.99. The van der Waals surface area contributed by atoms with Gasteiger partial charge in [-0.05, 0) is 6.42 Å². The highest BCUT2D eigenvalue weighted by molar-refractivity contribution is 5.75. The van der Waals surface area contributed by atoms with Crippen molar-refractivity contribution in [3.63, 3.8) is 0 Å². The third kappa shape index (κ3) is 3.62. The Balaban J connectivity index is 1.74. The molecule has 0 amide bonds. The third-order valence-corrected chi connectivity index (χ3v) is 5.35. The summed E-state index contributed by atoms with van der Waals surface area (Å²) < 4.78 is 22.7. The molecule has 4 unspecified atom stereocenters. The van der Waals surface area contributed by atoms with Crippen molar-refractivity contribution in [2.75, 3.05) is 6.61 Å². The molecule has 0 aromatic heterocycles. The molecule has 3 aliphatic rings. The summed E-state index contributed by atoms with van der Waals surface area (Å²) >= 11 is 0. The highest BCUT2D eigenvalue weighted by Crippen LogP contribution is 2.34. The number of nitrogens with zero attached hydrogens (tertiary/aromatic N) is 1. The minimum absolute atomic E-state index is 0.394. The van der Waals surface area contributed by atoms with Gasteiger partial charge in [-0.25, -0.2) is 4.99 Å². The first kappa shape index (κ1) is 19.9. The van der Waals surface area contributed by atoms with Gasteiger partial charge >= 0.3 is 0 Å². The van der Waals surface area contributed by atoms with Gasteiger partial charge in [0.25, 0.3) is 0 Å². The van der Waals surface area contributed by atoms with Gasteiger partial charge in [0.1, 0.15) is 30.5 Å². The van der Waals surface area contributed by atoms with E-state index in [1.165, 1.54) is 0 Å². The van der Waals surface area contributed by atoms with Gasteiger partial charge in [-0.2, -0.15) is 0 Å². The maximum atomic E-state index is 10.7. The van der Waals surface area contributed by atoms with Gasteiger partial charge in [0.2, 0.25) is 6.29 Å². The summed E-state index contributed by atoms with van der Waals surface area (Å²) in [6, 6.07) is -0.669. The summed E-state index contributed by atoms with van der Waals surface area (Å²) in [4.78, 5) is 4.21. The molecule has 10 atom stereocenters. The van der Waals surface area contributed by atoms with Crippen LogP contribution in [-0.4, -0.2) is 88.2 Å². The van der Waals surface area contributed by atoms with Crippen LogP contribution >= 0.6 is 0 Å². The van der Waals surface area contributed by atoms with Crippen LogP contribution in [-0.2, 0) is 18.9 Å². The van der Waals surface area contributed by atoms with E-state index >= 15 is 0 Å². The van der Waals surface area contributed by atoms with Gasteiger partial charge in [0.15, 0.2) is 12.2 Å². The van der Waals surface area contributed by atoms with E-state index < -0.39 is 67.8 Å². The fourth-order valence-electron chi connectivity index (χ4n) is 3.78. The van der Waals surface area contributed by atoms with Crippen molar-refractivity contribution in [3.8, 4) is 0 Å². The second-order valence-electron chi connectivity index (χ2n) is 7.25. The van der Waals surface area contributed by atoms with Crippen LogP contribution < -0.4 is 0 Å². The first-order valence-electron chi connectivity index (χ1n) is 9.19. The van der Waals surface area contributed by atoms with Crippen molar-refractivity contribution in [1.29, 1.82) is 0 Å². The highest BCUT2D eigenvalue weighted by Gasteiger charge is 2.52. The van der Waals surface area contributed by atoms with Gasteiger partial charge in [-0.3, -0.25) is 0 Å². The molecular weight excluding hydrogens is 346 g/mol. The molecule has 0 bridgehead atoms. The molecule has 3 aliphatic heterocycles. The SMILES string of the molecule is CCCC1O[C@H](O[C@@H]2C(CO)O[C@H]3OC(C)=NC3C2O)[C@H](O)[C@H](C)[C@@H]1O. The van der Waals surface area contributed by atoms with Crippen molar-refractivity contribution in [1.82, 2.24) is 0 Å². The molecule has 0 spiro atoms. The Labute approximate surface area is 152 Å². The molecule has 0 radical (unpaired) electrons. The predicted octanol–water partition coefficient (Wildman–Crippen LogP) is -0.850. The average molecular weight is 375 g/mol. The maximum Gasteiger partial charge on any atom is 0.227 e. The lowest BCUT2D eigenvalue weighted by molar-refractivity contribution is -0.332. The standard InChI is InChI=1S/C17H29NO8/c1-4-5-9-12(20)7(2)13(21)17(24-9)26-15-10(6-19)25-16-11(14(15)22)18-8(3)23-16/h7,9-17,19-22H,4-6H2,1-3H3/t7-,9?,10?,11?,12+,13-,14?,15-,16-,17-/m1/s1. The number of fused-ring (bicyclic) bond motifs is 1. The van der Waals surface area contributed by atoms with E-state index in [0.29, 0.717) is 12.3 Å². The minimum Gasteiger partial charge on any atom is -0.450 e. The van der Waals surface area contributed by atoms with Crippen molar-refractivity contribution >= 4 is 5.90 Å². The van der Waals surface area contributed by atoms with Gasteiger partial charge in [0.05, 0.1) is 18.8 Å². The zero-order valence-corrected chi connectivity index (χ0v) is 15.3. The number of hydrogen-bond donors (Lipinski definition) is 4. The smallest absolute Gasteiger partial charge is 0.227 e. The molecule has 26 heavy (non-hydrogen) atoms. The second-order valence-corrected chi connectivity index (χ2v) is 7.25. The molecule has 0 saturated carbocycles. The molecule has 3 rings (SSSR count). The maximum absolute atomic E-state index is 10.7. The van der Waals surface area contributed by atoms with Crippen LogP contribution in [0.2, 0.25) is 0 Å². The van der Waals surface area contributed by atoms with Crippen molar-refractivity contribution < 1.29 is 39.4 Å². The van der Waals surface area contributed by atoms with E-state index in [4.69, 9.17) is 18.9 Å². The summed E-state index contributed by atoms with van der Waals surface area (Å²) in [7, 11) is 0. The summed E-state index contributed by atoms with van der Waals surface area (Å²) in [5.74, 6) is -0.0625. The topological polar surface area (TPSA) is 130 Å². The van der Waals surface area contributed by atoms with Gasteiger partial charge in [-0.1, -0.05) is 20.3 Å². The quantitative estimate of drug-likeness (QED) is 0.489. The summed E-state index contributed by atoms with van der Waals surface area (Å²) in [6.07, 6.45) is -5.64. The molecular formula is C17H29NO8. The first-order valence-corrected chi connectivity index (χ1v) is 9.19. The van der Waals surface area contributed by atoms with Gasteiger partial charge < -0.3 is 39.4 Å². The van der Waals surface area contributed by atoms with E-state index in [-0.39, 0.29) is 0 Å². The van der Waals surface area contributed by atoms with Crippen LogP contribution in [0.15, 0.2) is 4.99 Å². The number of aliphatic hydroxyl groups is 4. The fraction of sp³-hybridized carbons (Fsp3) is 0.941. The Morgan fingerprint density at radius 2 is 1.81 bits per heavy atom. The molecule has 150 valence electrons. The van der Waals surface area contributed by atoms with E-state index in [9.17, 15) is 20.4 Å². The molecule has 9 nitrogen and oxygen atoms in total. The van der Waals surface area contributed by atoms with Crippen LogP contribution in [0.25, 0.3) is 0 Å². The fourth-order valence-corrected chi connectivity index (χ4v) is 3.78. The van der Waals surface area contributed by atoms with Gasteiger partial charge in [0, 0.05) is 12.8 Å². The number of aliphatic hydroxyl groups excluding tert-OH is 4. The molecule has 2 fully saturated rings. The van der Waals surface area contributed by atoms with Crippen molar-refractivity contribution in [2.45, 2.75) is 88.9 Å². The zero-order chi connectivity index (χ0) is 19.0. The molecule has 3 heterocycles. The molecule has 0 aromatic rings. The zero-order valence-electron chi connectivity index (χ0n) is 15.3. The highest BCUT2D eigenvalue weighted by atomic mass is 16.7. The molecule has 0 aliphatic carbocycles. The number of rotatable bonds is 5. The summed E-state index contributed by atoms with van der Waals surface area (Å²) in [5.41, 5.74) is 0. The molecule has 0 aromatic carbocycles. The Morgan fingerprint density at radius 3 is 2.46 bits per heavy atom.